The number of carbonyl (C=O) groups is 3. The molecule has 220 valence electrons. The van der Waals surface area contributed by atoms with Crippen molar-refractivity contribution in [3.63, 3.8) is 0 Å². The predicted octanol–water partition coefficient (Wildman–Crippen LogP) is 3.48. The van der Waals surface area contributed by atoms with E-state index in [9.17, 15) is 18.8 Å². The summed E-state index contributed by atoms with van der Waals surface area (Å²) in [6.45, 7) is 1.29. The van der Waals surface area contributed by atoms with Crippen molar-refractivity contribution in [1.29, 1.82) is 0 Å². The van der Waals surface area contributed by atoms with Gasteiger partial charge in [0.25, 0.3) is 11.8 Å². The van der Waals surface area contributed by atoms with Crippen LogP contribution in [0, 0.1) is 5.82 Å². The lowest BCUT2D eigenvalue weighted by atomic mass is 9.85. The molecular weight excluding hydrogens is 539 g/mol. The van der Waals surface area contributed by atoms with Crippen LogP contribution in [0.4, 0.5) is 10.1 Å². The Morgan fingerprint density at radius 1 is 0.929 bits per heavy atom. The Bertz CT molecular complexity index is 1440. The first-order valence-corrected chi connectivity index (χ1v) is 14.0. The minimum absolute atomic E-state index is 0.0677. The van der Waals surface area contributed by atoms with Crippen molar-refractivity contribution < 1.29 is 28.2 Å². The third-order valence-electron chi connectivity index (χ3n) is 8.05. The van der Waals surface area contributed by atoms with E-state index in [1.807, 2.05) is 48.5 Å². The summed E-state index contributed by atoms with van der Waals surface area (Å²) in [4.78, 5) is 45.2. The average molecular weight is 575 g/mol. The molecule has 0 aromatic heterocycles. The van der Waals surface area contributed by atoms with Gasteiger partial charge in [-0.1, -0.05) is 30.3 Å². The molecule has 5 rings (SSSR count). The maximum absolute atomic E-state index is 13.9. The van der Waals surface area contributed by atoms with Gasteiger partial charge in [-0.3, -0.25) is 14.4 Å². The van der Waals surface area contributed by atoms with E-state index in [0.29, 0.717) is 50.4 Å². The van der Waals surface area contributed by atoms with E-state index in [2.05, 4.69) is 10.2 Å². The van der Waals surface area contributed by atoms with Crippen LogP contribution in [0.1, 0.15) is 28.8 Å². The summed E-state index contributed by atoms with van der Waals surface area (Å²) in [6.07, 6.45) is 1.40. The smallest absolute Gasteiger partial charge is 0.253 e. The van der Waals surface area contributed by atoms with Crippen molar-refractivity contribution in [3.8, 4) is 11.5 Å². The molecule has 0 radical (unpaired) electrons. The third kappa shape index (κ3) is 5.88. The van der Waals surface area contributed by atoms with E-state index in [4.69, 9.17) is 9.47 Å². The molecule has 0 bridgehead atoms. The lowest BCUT2D eigenvalue weighted by molar-refractivity contribution is -0.137. The van der Waals surface area contributed by atoms with Crippen LogP contribution in [0.2, 0.25) is 0 Å². The first kappa shape index (κ1) is 28.9. The second-order valence-electron chi connectivity index (χ2n) is 10.5. The van der Waals surface area contributed by atoms with E-state index in [1.165, 1.54) is 18.2 Å². The fourth-order valence-electron chi connectivity index (χ4n) is 5.82. The van der Waals surface area contributed by atoms with Crippen molar-refractivity contribution in [2.24, 2.45) is 0 Å². The molecule has 9 nitrogen and oxygen atoms in total. The highest BCUT2D eigenvalue weighted by Gasteiger charge is 2.54. The number of anilines is 1. The van der Waals surface area contributed by atoms with E-state index in [1.54, 1.807) is 30.1 Å². The highest BCUT2D eigenvalue weighted by molar-refractivity contribution is 5.97. The first-order valence-electron chi connectivity index (χ1n) is 14.0. The number of ether oxygens (including phenoxy) is 2. The average Bonchev–Trinajstić information content (AvgIpc) is 3.27. The zero-order chi connectivity index (χ0) is 29.7. The highest BCUT2D eigenvalue weighted by Crippen LogP contribution is 2.39. The number of methoxy groups -OCH3 is 2. The molecule has 42 heavy (non-hydrogen) atoms. The van der Waals surface area contributed by atoms with Crippen molar-refractivity contribution in [2.75, 3.05) is 52.0 Å². The molecule has 0 unspecified atom stereocenters. The van der Waals surface area contributed by atoms with Crippen LogP contribution in [0.25, 0.3) is 0 Å². The van der Waals surface area contributed by atoms with Crippen molar-refractivity contribution in [1.82, 2.24) is 15.1 Å². The van der Waals surface area contributed by atoms with Gasteiger partial charge in [0.1, 0.15) is 17.9 Å². The SMILES string of the molecule is COc1ccc(CCNC(=O)CN2CN(c3ccccc3)C3(CCN(C(=O)c4cccc(F)c4)CC3)C2=O)cc1OC. The number of likely N-dealkylation sites (tertiary alicyclic amines) is 1. The molecule has 2 aliphatic rings. The van der Waals surface area contributed by atoms with E-state index < -0.39 is 11.4 Å². The van der Waals surface area contributed by atoms with Crippen LogP contribution in [-0.4, -0.2) is 80.1 Å². The zero-order valence-electron chi connectivity index (χ0n) is 23.8. The largest absolute Gasteiger partial charge is 0.493 e. The Balaban J connectivity index is 1.24. The molecule has 0 atom stereocenters. The van der Waals surface area contributed by atoms with Crippen LogP contribution in [-0.2, 0) is 16.0 Å². The number of piperidine rings is 1. The first-order chi connectivity index (χ1) is 20.3. The lowest BCUT2D eigenvalue weighted by Gasteiger charge is -2.43. The number of hydrogen-bond acceptors (Lipinski definition) is 6. The third-order valence-corrected chi connectivity index (χ3v) is 8.05. The maximum atomic E-state index is 13.9. The lowest BCUT2D eigenvalue weighted by Crippen LogP contribution is -2.57. The molecule has 2 saturated heterocycles. The second-order valence-corrected chi connectivity index (χ2v) is 10.5. The number of para-hydroxylation sites is 1. The van der Waals surface area contributed by atoms with Gasteiger partial charge in [0.15, 0.2) is 11.5 Å². The Morgan fingerprint density at radius 3 is 2.36 bits per heavy atom. The van der Waals surface area contributed by atoms with Gasteiger partial charge in [-0.05, 0) is 67.3 Å². The summed E-state index contributed by atoms with van der Waals surface area (Å²) in [5.41, 5.74) is 1.28. The number of benzene rings is 3. The molecular formula is C32H35FN4O5. The van der Waals surface area contributed by atoms with E-state index >= 15 is 0 Å². The quantitative estimate of drug-likeness (QED) is 0.421. The molecule has 10 heteroatoms. The number of nitrogens with zero attached hydrogens (tertiary/aromatic N) is 3. The van der Waals surface area contributed by atoms with Gasteiger partial charge < -0.3 is 29.5 Å². The summed E-state index contributed by atoms with van der Waals surface area (Å²) in [5, 5.41) is 2.93. The van der Waals surface area contributed by atoms with E-state index in [0.717, 1.165) is 11.3 Å². The van der Waals surface area contributed by atoms with Crippen molar-refractivity contribution in [3.05, 3.63) is 89.7 Å². The molecule has 3 amide bonds. The normalized spacial score (nSPS) is 16.1. The van der Waals surface area contributed by atoms with Crippen molar-refractivity contribution in [2.45, 2.75) is 24.8 Å². The summed E-state index contributed by atoms with van der Waals surface area (Å²) in [5.74, 6) is 0.171. The minimum atomic E-state index is -0.875. The standard InChI is InChI=1S/C32H35FN4O5/c1-41-27-12-11-23(19-28(27)42-2)13-16-34-29(38)21-36-22-37(26-9-4-3-5-10-26)32(31(36)40)14-17-35(18-15-32)30(39)24-7-6-8-25(33)20-24/h3-12,19-20H,13-18,21-22H2,1-2H3,(H,34,38). The van der Waals surface area contributed by atoms with Gasteiger partial charge in [-0.15, -0.1) is 0 Å². The van der Waals surface area contributed by atoms with Crippen LogP contribution in [0.3, 0.4) is 0 Å². The Labute approximate surface area is 244 Å². The molecule has 0 saturated carbocycles. The molecule has 2 fully saturated rings. The molecule has 2 aliphatic heterocycles. The fraction of sp³-hybridized carbons (Fsp3) is 0.344. The molecule has 3 aromatic rings. The van der Waals surface area contributed by atoms with Gasteiger partial charge in [0.2, 0.25) is 5.91 Å². The molecule has 2 heterocycles. The van der Waals surface area contributed by atoms with Crippen LogP contribution < -0.4 is 19.7 Å². The second kappa shape index (κ2) is 12.5. The summed E-state index contributed by atoms with van der Waals surface area (Å²) in [7, 11) is 3.16. The number of carbonyl (C=O) groups excluding carboxylic acids is 3. The summed E-state index contributed by atoms with van der Waals surface area (Å²) >= 11 is 0. The number of rotatable bonds is 9. The van der Waals surface area contributed by atoms with Crippen LogP contribution in [0.5, 0.6) is 11.5 Å². The minimum Gasteiger partial charge on any atom is -0.493 e. The number of nitrogens with one attached hydrogen (secondary N) is 1. The number of amides is 3. The highest BCUT2D eigenvalue weighted by atomic mass is 19.1. The molecule has 3 aromatic carbocycles. The summed E-state index contributed by atoms with van der Waals surface area (Å²) in [6, 6.07) is 20.9. The van der Waals surface area contributed by atoms with Gasteiger partial charge in [-0.25, -0.2) is 4.39 Å². The molecule has 1 spiro atoms. The van der Waals surface area contributed by atoms with E-state index in [-0.39, 0.29) is 36.5 Å². The van der Waals surface area contributed by atoms with Gasteiger partial charge in [-0.2, -0.15) is 0 Å². The number of hydrogen-bond donors (Lipinski definition) is 1. The topological polar surface area (TPSA) is 91.4 Å². The Kier molecular flexibility index (Phi) is 8.61. The number of halogens is 1. The van der Waals surface area contributed by atoms with Crippen LogP contribution >= 0.6 is 0 Å². The fourth-order valence-corrected chi connectivity index (χ4v) is 5.82. The maximum Gasteiger partial charge on any atom is 0.253 e. The molecule has 1 N–H and O–H groups in total. The Morgan fingerprint density at radius 2 is 1.67 bits per heavy atom. The van der Waals surface area contributed by atoms with Crippen LogP contribution in [0.15, 0.2) is 72.8 Å². The van der Waals surface area contributed by atoms with Crippen molar-refractivity contribution >= 4 is 23.4 Å². The van der Waals surface area contributed by atoms with Gasteiger partial charge >= 0.3 is 0 Å². The Hall–Kier alpha value is -4.60. The monoisotopic (exact) mass is 574 g/mol. The summed E-state index contributed by atoms with van der Waals surface area (Å²) < 4.78 is 24.4. The predicted molar refractivity (Wildman–Crippen MR) is 156 cm³/mol. The van der Waals surface area contributed by atoms with Gasteiger partial charge in [0.05, 0.1) is 20.9 Å². The molecule has 0 aliphatic carbocycles. The van der Waals surface area contributed by atoms with Gasteiger partial charge in [0, 0.05) is 30.9 Å². The zero-order valence-corrected chi connectivity index (χ0v) is 23.8.